The number of likely N-dealkylation sites (tertiary alicyclic amines) is 1. The number of rotatable bonds is 1. The zero-order valence-corrected chi connectivity index (χ0v) is 9.83. The normalized spacial score (nSPS) is 26.4. The number of benzene rings is 1. The third-order valence-electron chi connectivity index (χ3n) is 3.85. The van der Waals surface area contributed by atoms with Gasteiger partial charge in [-0.05, 0) is 24.0 Å². The van der Waals surface area contributed by atoms with Crippen LogP contribution >= 0.6 is 0 Å². The highest BCUT2D eigenvalue weighted by Crippen LogP contribution is 2.28. The summed E-state index contributed by atoms with van der Waals surface area (Å²) >= 11 is 0. The number of halogens is 2. The molecule has 2 saturated heterocycles. The SMILES string of the molecule is O=C(c1c(F)cccc1F)N1CC2CNCC2C1. The fourth-order valence-electron chi connectivity index (χ4n) is 2.88. The second kappa shape index (κ2) is 4.31. The molecule has 3 nitrogen and oxygen atoms in total. The van der Waals surface area contributed by atoms with Crippen LogP contribution in [-0.2, 0) is 0 Å². The molecule has 2 aliphatic rings. The molecule has 18 heavy (non-hydrogen) atoms. The molecule has 1 aromatic carbocycles. The first-order valence-electron chi connectivity index (χ1n) is 6.11. The van der Waals surface area contributed by atoms with Gasteiger partial charge in [0.15, 0.2) is 0 Å². The molecule has 0 saturated carbocycles. The summed E-state index contributed by atoms with van der Waals surface area (Å²) in [7, 11) is 0. The van der Waals surface area contributed by atoms with E-state index in [0.717, 1.165) is 25.2 Å². The summed E-state index contributed by atoms with van der Waals surface area (Å²) in [5.74, 6) is -1.25. The molecule has 0 spiro atoms. The lowest BCUT2D eigenvalue weighted by Gasteiger charge is -2.18. The predicted molar refractivity (Wildman–Crippen MR) is 62.1 cm³/mol. The van der Waals surface area contributed by atoms with Gasteiger partial charge in [-0.1, -0.05) is 6.07 Å². The molecule has 1 N–H and O–H groups in total. The summed E-state index contributed by atoms with van der Waals surface area (Å²) in [4.78, 5) is 13.7. The van der Waals surface area contributed by atoms with E-state index >= 15 is 0 Å². The van der Waals surface area contributed by atoms with E-state index in [9.17, 15) is 13.6 Å². The molecule has 2 aliphatic heterocycles. The average molecular weight is 252 g/mol. The summed E-state index contributed by atoms with van der Waals surface area (Å²) in [6.45, 7) is 2.94. The van der Waals surface area contributed by atoms with Crippen molar-refractivity contribution >= 4 is 5.91 Å². The second-order valence-electron chi connectivity index (χ2n) is 4.99. The van der Waals surface area contributed by atoms with Gasteiger partial charge in [0, 0.05) is 26.2 Å². The molecule has 2 unspecified atom stereocenters. The molecule has 1 amide bonds. The molecule has 0 aliphatic carbocycles. The summed E-state index contributed by atoms with van der Waals surface area (Å²) in [6.07, 6.45) is 0. The number of hydrogen-bond acceptors (Lipinski definition) is 2. The van der Waals surface area contributed by atoms with E-state index in [-0.39, 0.29) is 0 Å². The van der Waals surface area contributed by atoms with Gasteiger partial charge in [0.25, 0.3) is 5.91 Å². The minimum atomic E-state index is -0.782. The fourth-order valence-corrected chi connectivity index (χ4v) is 2.88. The van der Waals surface area contributed by atoms with Crippen LogP contribution in [0.2, 0.25) is 0 Å². The Morgan fingerprint density at radius 1 is 1.17 bits per heavy atom. The van der Waals surface area contributed by atoms with Gasteiger partial charge in [-0.25, -0.2) is 8.78 Å². The summed E-state index contributed by atoms with van der Waals surface area (Å²) in [6, 6.07) is 3.51. The summed E-state index contributed by atoms with van der Waals surface area (Å²) < 4.78 is 27.1. The van der Waals surface area contributed by atoms with Gasteiger partial charge >= 0.3 is 0 Å². The molecule has 2 fully saturated rings. The minimum Gasteiger partial charge on any atom is -0.338 e. The highest BCUT2D eigenvalue weighted by atomic mass is 19.1. The Morgan fingerprint density at radius 3 is 2.28 bits per heavy atom. The van der Waals surface area contributed by atoms with E-state index in [1.807, 2.05) is 0 Å². The van der Waals surface area contributed by atoms with Crippen LogP contribution in [0.5, 0.6) is 0 Å². The van der Waals surface area contributed by atoms with Crippen molar-refractivity contribution in [1.82, 2.24) is 10.2 Å². The predicted octanol–water partition coefficient (Wildman–Crippen LogP) is 1.26. The zero-order chi connectivity index (χ0) is 12.7. The van der Waals surface area contributed by atoms with E-state index in [0.29, 0.717) is 24.9 Å². The van der Waals surface area contributed by atoms with Gasteiger partial charge in [0.2, 0.25) is 0 Å². The number of fused-ring (bicyclic) bond motifs is 1. The molecule has 3 rings (SSSR count). The highest BCUT2D eigenvalue weighted by molar-refractivity contribution is 5.95. The fraction of sp³-hybridized carbons (Fsp3) is 0.462. The Kier molecular flexibility index (Phi) is 2.78. The maximum Gasteiger partial charge on any atom is 0.259 e. The lowest BCUT2D eigenvalue weighted by Crippen LogP contribution is -2.33. The lowest BCUT2D eigenvalue weighted by atomic mass is 10.0. The van der Waals surface area contributed by atoms with Crippen molar-refractivity contribution in [2.75, 3.05) is 26.2 Å². The third kappa shape index (κ3) is 1.79. The average Bonchev–Trinajstić information content (AvgIpc) is 2.88. The van der Waals surface area contributed by atoms with Crippen LogP contribution in [0.3, 0.4) is 0 Å². The van der Waals surface area contributed by atoms with Crippen LogP contribution in [0.25, 0.3) is 0 Å². The monoisotopic (exact) mass is 252 g/mol. The van der Waals surface area contributed by atoms with E-state index in [1.54, 1.807) is 4.90 Å². The highest BCUT2D eigenvalue weighted by Gasteiger charge is 2.39. The van der Waals surface area contributed by atoms with Crippen molar-refractivity contribution in [2.45, 2.75) is 0 Å². The van der Waals surface area contributed by atoms with E-state index in [4.69, 9.17) is 0 Å². The number of nitrogens with one attached hydrogen (secondary N) is 1. The standard InChI is InChI=1S/C13H14F2N2O/c14-10-2-1-3-11(15)12(10)13(18)17-6-8-4-16-5-9(8)7-17/h1-3,8-9,16H,4-7H2. The van der Waals surface area contributed by atoms with Crippen LogP contribution in [0.4, 0.5) is 8.78 Å². The largest absolute Gasteiger partial charge is 0.338 e. The van der Waals surface area contributed by atoms with Crippen LogP contribution in [-0.4, -0.2) is 37.0 Å². The van der Waals surface area contributed by atoms with Gasteiger partial charge in [-0.2, -0.15) is 0 Å². The smallest absolute Gasteiger partial charge is 0.259 e. The van der Waals surface area contributed by atoms with Crippen molar-refractivity contribution in [1.29, 1.82) is 0 Å². The van der Waals surface area contributed by atoms with Gasteiger partial charge < -0.3 is 10.2 Å². The topological polar surface area (TPSA) is 32.3 Å². The number of carbonyl (C=O) groups is 1. The zero-order valence-electron chi connectivity index (χ0n) is 9.83. The number of hydrogen-bond donors (Lipinski definition) is 1. The Morgan fingerprint density at radius 2 is 1.72 bits per heavy atom. The van der Waals surface area contributed by atoms with Crippen molar-refractivity contribution in [3.05, 3.63) is 35.4 Å². The van der Waals surface area contributed by atoms with Gasteiger partial charge in [0.1, 0.15) is 17.2 Å². The summed E-state index contributed by atoms with van der Waals surface area (Å²) in [5.41, 5.74) is -0.426. The summed E-state index contributed by atoms with van der Waals surface area (Å²) in [5, 5.41) is 3.26. The maximum atomic E-state index is 13.5. The molecule has 2 heterocycles. The second-order valence-corrected chi connectivity index (χ2v) is 4.99. The first kappa shape index (κ1) is 11.6. The van der Waals surface area contributed by atoms with Gasteiger partial charge in [-0.15, -0.1) is 0 Å². The Hall–Kier alpha value is -1.49. The first-order chi connectivity index (χ1) is 8.66. The van der Waals surface area contributed by atoms with Crippen LogP contribution in [0, 0.1) is 23.5 Å². The van der Waals surface area contributed by atoms with Gasteiger partial charge in [-0.3, -0.25) is 4.79 Å². The molecule has 1 aromatic rings. The van der Waals surface area contributed by atoms with Crippen LogP contribution in [0.1, 0.15) is 10.4 Å². The van der Waals surface area contributed by atoms with Crippen molar-refractivity contribution < 1.29 is 13.6 Å². The van der Waals surface area contributed by atoms with E-state index in [2.05, 4.69) is 5.32 Å². The molecule has 96 valence electrons. The van der Waals surface area contributed by atoms with E-state index < -0.39 is 23.1 Å². The van der Waals surface area contributed by atoms with Crippen molar-refractivity contribution in [3.63, 3.8) is 0 Å². The molecular weight excluding hydrogens is 238 g/mol. The van der Waals surface area contributed by atoms with Crippen molar-refractivity contribution in [2.24, 2.45) is 11.8 Å². The maximum absolute atomic E-state index is 13.5. The number of carbonyl (C=O) groups excluding carboxylic acids is 1. The van der Waals surface area contributed by atoms with Crippen LogP contribution in [0.15, 0.2) is 18.2 Å². The Bertz CT molecular complexity index is 460. The van der Waals surface area contributed by atoms with Crippen molar-refractivity contribution in [3.8, 4) is 0 Å². The van der Waals surface area contributed by atoms with Crippen LogP contribution < -0.4 is 5.32 Å². The molecule has 0 aromatic heterocycles. The lowest BCUT2D eigenvalue weighted by molar-refractivity contribution is 0.0772. The Labute approximate surface area is 104 Å². The third-order valence-corrected chi connectivity index (χ3v) is 3.85. The number of amides is 1. The quantitative estimate of drug-likeness (QED) is 0.816. The Balaban J connectivity index is 1.83. The van der Waals surface area contributed by atoms with E-state index in [1.165, 1.54) is 6.07 Å². The first-order valence-corrected chi connectivity index (χ1v) is 6.11. The molecule has 2 atom stereocenters. The minimum absolute atomic E-state index is 0.420. The molecular formula is C13H14F2N2O. The number of nitrogens with zero attached hydrogens (tertiary/aromatic N) is 1. The van der Waals surface area contributed by atoms with Gasteiger partial charge in [0.05, 0.1) is 0 Å². The molecule has 0 radical (unpaired) electrons. The molecule has 5 heteroatoms. The molecule has 0 bridgehead atoms.